The summed E-state index contributed by atoms with van der Waals surface area (Å²) in [6, 6.07) is 28.6. The predicted octanol–water partition coefficient (Wildman–Crippen LogP) is 11.9. The third kappa shape index (κ3) is 17.9. The lowest BCUT2D eigenvalue weighted by molar-refractivity contribution is -0.157. The van der Waals surface area contributed by atoms with Crippen LogP contribution < -0.4 is 14.7 Å². The van der Waals surface area contributed by atoms with Gasteiger partial charge in [-0.1, -0.05) is 109 Å². The van der Waals surface area contributed by atoms with Crippen LogP contribution in [0.3, 0.4) is 0 Å². The summed E-state index contributed by atoms with van der Waals surface area (Å²) in [5.41, 5.74) is 2.91. The van der Waals surface area contributed by atoms with Gasteiger partial charge in [0.05, 0.1) is 5.41 Å². The van der Waals surface area contributed by atoms with Crippen molar-refractivity contribution in [3.05, 3.63) is 106 Å². The van der Waals surface area contributed by atoms with Gasteiger partial charge < -0.3 is 28.9 Å². The molecule has 12 nitrogen and oxygen atoms in total. The number of carbonyl (C=O) groups is 3. The van der Waals surface area contributed by atoms with E-state index in [-0.39, 0.29) is 23.1 Å². The molecular formula is C58H74N6O6. The molecular weight excluding hydrogens is 877 g/mol. The molecule has 1 saturated carbocycles. The van der Waals surface area contributed by atoms with E-state index in [1.165, 1.54) is 50.3 Å². The summed E-state index contributed by atoms with van der Waals surface area (Å²) in [5.74, 6) is -2.07. The van der Waals surface area contributed by atoms with E-state index >= 15 is 0 Å². The third-order valence-electron chi connectivity index (χ3n) is 12.7. The van der Waals surface area contributed by atoms with Crippen molar-refractivity contribution in [2.75, 3.05) is 74.8 Å². The van der Waals surface area contributed by atoms with E-state index in [1.54, 1.807) is 12.1 Å². The molecule has 0 radical (unpaired) electrons. The molecule has 70 heavy (non-hydrogen) atoms. The summed E-state index contributed by atoms with van der Waals surface area (Å²) in [7, 11) is 3.81. The summed E-state index contributed by atoms with van der Waals surface area (Å²) < 4.78 is 17.4. The number of hydrogen-bond donors (Lipinski definition) is 0. The summed E-state index contributed by atoms with van der Waals surface area (Å²) in [6.45, 7) is 11.0. The molecule has 1 fully saturated rings. The number of nitriles is 3. The number of benzene rings is 3. The highest BCUT2D eigenvalue weighted by molar-refractivity contribution is 5.99. The molecule has 372 valence electrons. The molecule has 0 N–H and O–H groups in total. The van der Waals surface area contributed by atoms with Crippen molar-refractivity contribution in [3.63, 3.8) is 0 Å². The van der Waals surface area contributed by atoms with E-state index in [2.05, 4.69) is 30.6 Å². The first-order valence-corrected chi connectivity index (χ1v) is 25.3. The molecule has 1 aliphatic carbocycles. The van der Waals surface area contributed by atoms with Crippen LogP contribution in [-0.4, -0.2) is 78.0 Å². The van der Waals surface area contributed by atoms with E-state index in [4.69, 9.17) is 14.2 Å². The van der Waals surface area contributed by atoms with E-state index in [0.29, 0.717) is 29.0 Å². The fraction of sp³-hybridized carbons (Fsp3) is 0.483. The molecule has 3 aromatic rings. The molecule has 0 saturated heterocycles. The van der Waals surface area contributed by atoms with Crippen molar-refractivity contribution < 1.29 is 28.6 Å². The molecule has 0 aromatic heterocycles. The first-order valence-electron chi connectivity index (χ1n) is 25.3. The Balaban J connectivity index is 1.58. The zero-order valence-corrected chi connectivity index (χ0v) is 42.5. The zero-order chi connectivity index (χ0) is 50.7. The van der Waals surface area contributed by atoms with Crippen molar-refractivity contribution in [2.45, 2.75) is 111 Å². The van der Waals surface area contributed by atoms with Crippen LogP contribution in [0, 0.1) is 45.3 Å². The molecule has 12 heteroatoms. The summed E-state index contributed by atoms with van der Waals surface area (Å²) in [5, 5.41) is 30.3. The molecule has 1 unspecified atom stereocenters. The average molecular weight is 951 g/mol. The molecule has 1 atom stereocenters. The van der Waals surface area contributed by atoms with Gasteiger partial charge in [-0.05, 0) is 116 Å². The maximum Gasteiger partial charge on any atom is 0.348 e. The molecule has 1 aliphatic rings. The zero-order valence-electron chi connectivity index (χ0n) is 42.5. The van der Waals surface area contributed by atoms with Crippen molar-refractivity contribution >= 4 is 53.2 Å². The van der Waals surface area contributed by atoms with Crippen molar-refractivity contribution in [1.82, 2.24) is 0 Å². The maximum atomic E-state index is 13.7. The molecule has 0 heterocycles. The van der Waals surface area contributed by atoms with Crippen molar-refractivity contribution in [1.29, 1.82) is 15.8 Å². The molecule has 4 rings (SSSR count). The van der Waals surface area contributed by atoms with Gasteiger partial charge in [0.2, 0.25) is 0 Å². The Morgan fingerprint density at radius 1 is 0.543 bits per heavy atom. The first kappa shape index (κ1) is 55.8. The van der Waals surface area contributed by atoms with Gasteiger partial charge in [0, 0.05) is 57.3 Å². The minimum absolute atomic E-state index is 0.237. The average Bonchev–Trinajstić information content (AvgIpc) is 3.38. The fourth-order valence-electron chi connectivity index (χ4n) is 8.53. The van der Waals surface area contributed by atoms with Gasteiger partial charge in [-0.2, -0.15) is 15.8 Å². The van der Waals surface area contributed by atoms with E-state index in [9.17, 15) is 30.2 Å². The molecule has 3 aromatic carbocycles. The van der Waals surface area contributed by atoms with Crippen LogP contribution in [-0.2, 0) is 28.6 Å². The number of ether oxygens (including phenoxy) is 3. The number of nitrogens with zero attached hydrogens (tertiary/aromatic N) is 6. The molecule has 0 spiro atoms. The van der Waals surface area contributed by atoms with E-state index < -0.39 is 43.1 Å². The molecule has 0 amide bonds. The van der Waals surface area contributed by atoms with Crippen LogP contribution in [0.4, 0.5) is 17.1 Å². The van der Waals surface area contributed by atoms with Gasteiger partial charge in [0.25, 0.3) is 0 Å². The highest BCUT2D eigenvalue weighted by Crippen LogP contribution is 2.30. The molecule has 0 bridgehead atoms. The topological polar surface area (TPSA) is 160 Å². The summed E-state index contributed by atoms with van der Waals surface area (Å²) >= 11 is 0. The smallest absolute Gasteiger partial charge is 0.348 e. The summed E-state index contributed by atoms with van der Waals surface area (Å²) in [6.07, 6.45) is 17.9. The second-order valence-corrected chi connectivity index (χ2v) is 18.7. The van der Waals surface area contributed by atoms with Gasteiger partial charge in [0.15, 0.2) is 0 Å². The van der Waals surface area contributed by atoms with Crippen molar-refractivity contribution in [3.8, 4) is 18.2 Å². The van der Waals surface area contributed by atoms with Gasteiger partial charge in [0.1, 0.15) is 54.7 Å². The number of unbranched alkanes of at least 4 members (excludes halogenated alkanes) is 3. The van der Waals surface area contributed by atoms with E-state index in [1.807, 2.05) is 105 Å². The van der Waals surface area contributed by atoms with Crippen LogP contribution >= 0.6 is 0 Å². The van der Waals surface area contributed by atoms with Gasteiger partial charge in [-0.3, -0.25) is 0 Å². The number of anilines is 3. The van der Waals surface area contributed by atoms with Crippen LogP contribution in [0.25, 0.3) is 18.2 Å². The fourth-order valence-corrected chi connectivity index (χ4v) is 8.53. The Kier molecular flexibility index (Phi) is 23.8. The Bertz CT molecular complexity index is 2340. The van der Waals surface area contributed by atoms with Gasteiger partial charge in [-0.25, -0.2) is 14.4 Å². The Labute approximate surface area is 417 Å². The molecule has 0 aliphatic heterocycles. The number of hydrogen-bond acceptors (Lipinski definition) is 12. The highest BCUT2D eigenvalue weighted by Gasteiger charge is 2.36. The summed E-state index contributed by atoms with van der Waals surface area (Å²) in [4.78, 5) is 47.6. The lowest BCUT2D eigenvalue weighted by Crippen LogP contribution is -2.40. The Morgan fingerprint density at radius 3 is 1.24 bits per heavy atom. The van der Waals surface area contributed by atoms with Crippen LogP contribution in [0.5, 0.6) is 0 Å². The monoisotopic (exact) mass is 951 g/mol. The van der Waals surface area contributed by atoms with Crippen molar-refractivity contribution in [2.24, 2.45) is 11.3 Å². The number of carbonyl (C=O) groups excluding carboxylic acids is 3. The third-order valence-corrected chi connectivity index (χ3v) is 12.7. The normalized spacial score (nSPS) is 14.0. The lowest BCUT2D eigenvalue weighted by atomic mass is 9.85. The van der Waals surface area contributed by atoms with Gasteiger partial charge >= 0.3 is 17.9 Å². The Morgan fingerprint density at radius 2 is 0.900 bits per heavy atom. The SMILES string of the molecule is CCCCN(CCCC)c1ccc(/C=C(\C#N)C(=O)OCC(CCC)(COC(=O)/C(C#N)=C/c2ccc(N(C)C)cc2)COC(=O)/C(C#N)=C/c2ccc(N(CCCC)CC3CCCCC3)cc2)cc1. The Hall–Kier alpha value is -6.84. The largest absolute Gasteiger partial charge is 0.461 e. The first-order chi connectivity index (χ1) is 33.9. The minimum Gasteiger partial charge on any atom is -0.461 e. The van der Waals surface area contributed by atoms with Crippen LogP contribution in [0.15, 0.2) is 89.5 Å². The predicted molar refractivity (Wildman–Crippen MR) is 280 cm³/mol. The quantitative estimate of drug-likeness (QED) is 0.0294. The van der Waals surface area contributed by atoms with Crippen LogP contribution in [0.1, 0.15) is 128 Å². The van der Waals surface area contributed by atoms with Gasteiger partial charge in [-0.15, -0.1) is 0 Å². The standard InChI is InChI=1S/C58H74N6O6/c1-7-11-32-63(33-12-8-2)53-27-21-46(22-28-53)36-50(39-60)56(66)69-43-58(31-10-4,42-68-55(65)49(38-59)35-45-19-25-52(26-20-45)62(5)6)44-70-57(67)51(40-61)37-47-23-29-54(30-24-47)64(34-13-9-3)41-48-17-15-14-16-18-48/h19-30,35-37,48H,7-18,31-34,41-44H2,1-6H3/b49-35+,50-36+,51-37+. The van der Waals surface area contributed by atoms with E-state index in [0.717, 1.165) is 81.8 Å². The minimum atomic E-state index is -1.32. The maximum absolute atomic E-state index is 13.7. The second kappa shape index (κ2) is 29.9. The number of rotatable bonds is 28. The number of esters is 3. The lowest BCUT2D eigenvalue weighted by Gasteiger charge is -2.32. The highest BCUT2D eigenvalue weighted by atomic mass is 16.6. The van der Waals surface area contributed by atoms with Crippen LogP contribution in [0.2, 0.25) is 0 Å². The second-order valence-electron chi connectivity index (χ2n) is 18.7.